The van der Waals surface area contributed by atoms with E-state index in [9.17, 15) is 4.39 Å². The summed E-state index contributed by atoms with van der Waals surface area (Å²) in [6.45, 7) is 5.94. The van der Waals surface area contributed by atoms with Gasteiger partial charge >= 0.3 is 0 Å². The lowest BCUT2D eigenvalue weighted by molar-refractivity contribution is 0.212. The molecular formula is C15H23FN2. The first kappa shape index (κ1) is 13.5. The van der Waals surface area contributed by atoms with E-state index in [1.54, 1.807) is 0 Å². The van der Waals surface area contributed by atoms with Crippen molar-refractivity contribution < 1.29 is 4.39 Å². The highest BCUT2D eigenvalue weighted by Crippen LogP contribution is 2.24. The number of nitrogens with one attached hydrogen (secondary N) is 1. The van der Waals surface area contributed by atoms with Crippen LogP contribution in [0.3, 0.4) is 0 Å². The largest absolute Gasteiger partial charge is 0.307 e. The van der Waals surface area contributed by atoms with Gasteiger partial charge in [0.25, 0.3) is 0 Å². The molecule has 100 valence electrons. The predicted molar refractivity (Wildman–Crippen MR) is 73.4 cm³/mol. The summed E-state index contributed by atoms with van der Waals surface area (Å²) in [4.78, 5) is 2.38. The Morgan fingerprint density at radius 2 is 2.11 bits per heavy atom. The molecule has 0 aromatic heterocycles. The van der Waals surface area contributed by atoms with Gasteiger partial charge in [0.15, 0.2) is 0 Å². The van der Waals surface area contributed by atoms with Crippen LogP contribution < -0.4 is 5.32 Å². The molecule has 1 aromatic carbocycles. The molecule has 1 heterocycles. The molecule has 2 rings (SSSR count). The van der Waals surface area contributed by atoms with Crippen LogP contribution in [0.2, 0.25) is 0 Å². The summed E-state index contributed by atoms with van der Waals surface area (Å²) in [6.07, 6.45) is 1.78. The van der Waals surface area contributed by atoms with Crippen molar-refractivity contribution in [3.8, 4) is 0 Å². The number of alkyl halides is 1. The standard InChI is InChI=1S/C15H23FN2/c1-15(14-7-3-2-4-8-14)13-18(11-5-9-16)12-6-10-17-15/h2-4,7-8,17H,5-6,9-13H2,1H3. The molecule has 1 atom stereocenters. The molecule has 1 aliphatic heterocycles. The zero-order valence-electron chi connectivity index (χ0n) is 11.2. The van der Waals surface area contributed by atoms with E-state index in [2.05, 4.69) is 41.4 Å². The molecule has 1 saturated heterocycles. The van der Waals surface area contributed by atoms with Gasteiger partial charge in [-0.2, -0.15) is 0 Å². The van der Waals surface area contributed by atoms with Gasteiger partial charge in [0.1, 0.15) is 0 Å². The Labute approximate surface area is 109 Å². The molecule has 2 nitrogen and oxygen atoms in total. The number of hydrogen-bond donors (Lipinski definition) is 1. The Morgan fingerprint density at radius 3 is 2.83 bits per heavy atom. The van der Waals surface area contributed by atoms with E-state index in [1.807, 2.05) is 6.07 Å². The van der Waals surface area contributed by atoms with Gasteiger partial charge in [-0.15, -0.1) is 0 Å². The van der Waals surface area contributed by atoms with Crippen LogP contribution in [-0.4, -0.2) is 37.8 Å². The third-order valence-corrected chi connectivity index (χ3v) is 3.73. The SMILES string of the molecule is CC1(c2ccccc2)CN(CCCF)CCCN1. The summed E-state index contributed by atoms with van der Waals surface area (Å²) < 4.78 is 12.3. The van der Waals surface area contributed by atoms with Gasteiger partial charge < -0.3 is 10.2 Å². The molecule has 0 bridgehead atoms. The van der Waals surface area contributed by atoms with E-state index in [1.165, 1.54) is 5.56 Å². The summed E-state index contributed by atoms with van der Waals surface area (Å²) in [7, 11) is 0. The van der Waals surface area contributed by atoms with Gasteiger partial charge in [0.05, 0.1) is 12.2 Å². The Balaban J connectivity index is 2.10. The van der Waals surface area contributed by atoms with Crippen LogP contribution >= 0.6 is 0 Å². The topological polar surface area (TPSA) is 15.3 Å². The van der Waals surface area contributed by atoms with Crippen molar-refractivity contribution in [2.75, 3.05) is 32.9 Å². The maximum Gasteiger partial charge on any atom is 0.0906 e. The van der Waals surface area contributed by atoms with Crippen LogP contribution in [0.5, 0.6) is 0 Å². The minimum absolute atomic E-state index is 0.0198. The fourth-order valence-electron chi connectivity index (χ4n) is 2.72. The van der Waals surface area contributed by atoms with Crippen molar-refractivity contribution in [3.63, 3.8) is 0 Å². The number of nitrogens with zero attached hydrogens (tertiary/aromatic N) is 1. The van der Waals surface area contributed by atoms with Crippen LogP contribution in [0.4, 0.5) is 4.39 Å². The van der Waals surface area contributed by atoms with E-state index in [0.29, 0.717) is 6.42 Å². The molecular weight excluding hydrogens is 227 g/mol. The highest BCUT2D eigenvalue weighted by Gasteiger charge is 2.30. The van der Waals surface area contributed by atoms with Crippen molar-refractivity contribution in [2.24, 2.45) is 0 Å². The summed E-state index contributed by atoms with van der Waals surface area (Å²) >= 11 is 0. The van der Waals surface area contributed by atoms with Crippen LogP contribution in [-0.2, 0) is 5.54 Å². The lowest BCUT2D eigenvalue weighted by atomic mass is 9.91. The molecule has 0 spiro atoms. The van der Waals surface area contributed by atoms with E-state index < -0.39 is 0 Å². The van der Waals surface area contributed by atoms with Crippen molar-refractivity contribution >= 4 is 0 Å². The van der Waals surface area contributed by atoms with Crippen LogP contribution in [0.1, 0.15) is 25.3 Å². The minimum atomic E-state index is -0.216. The van der Waals surface area contributed by atoms with Gasteiger partial charge in [-0.1, -0.05) is 30.3 Å². The van der Waals surface area contributed by atoms with Gasteiger partial charge in [-0.25, -0.2) is 0 Å². The summed E-state index contributed by atoms with van der Waals surface area (Å²) in [5, 5.41) is 3.65. The third kappa shape index (κ3) is 3.30. The van der Waals surface area contributed by atoms with Crippen molar-refractivity contribution in [2.45, 2.75) is 25.3 Å². The van der Waals surface area contributed by atoms with Gasteiger partial charge in [-0.3, -0.25) is 4.39 Å². The second-order valence-corrected chi connectivity index (χ2v) is 5.30. The first-order valence-corrected chi connectivity index (χ1v) is 6.83. The Morgan fingerprint density at radius 1 is 1.33 bits per heavy atom. The fourth-order valence-corrected chi connectivity index (χ4v) is 2.72. The second-order valence-electron chi connectivity index (χ2n) is 5.30. The Hall–Kier alpha value is -0.930. The molecule has 1 aromatic rings. The van der Waals surface area contributed by atoms with E-state index in [-0.39, 0.29) is 12.2 Å². The molecule has 1 fully saturated rings. The Kier molecular flexibility index (Phi) is 4.72. The summed E-state index contributed by atoms with van der Waals surface area (Å²) in [6, 6.07) is 10.6. The monoisotopic (exact) mass is 250 g/mol. The van der Waals surface area contributed by atoms with Gasteiger partial charge in [0, 0.05) is 13.1 Å². The fraction of sp³-hybridized carbons (Fsp3) is 0.600. The molecule has 0 aliphatic carbocycles. The predicted octanol–water partition coefficient (Wildman–Crippen LogP) is 2.56. The van der Waals surface area contributed by atoms with Crippen LogP contribution in [0.25, 0.3) is 0 Å². The number of rotatable bonds is 4. The third-order valence-electron chi connectivity index (χ3n) is 3.73. The molecule has 18 heavy (non-hydrogen) atoms. The average Bonchev–Trinajstić information content (AvgIpc) is 2.60. The van der Waals surface area contributed by atoms with Crippen LogP contribution in [0.15, 0.2) is 30.3 Å². The molecule has 3 heteroatoms. The van der Waals surface area contributed by atoms with Gasteiger partial charge in [0.2, 0.25) is 0 Å². The quantitative estimate of drug-likeness (QED) is 0.883. The maximum absolute atomic E-state index is 12.3. The maximum atomic E-state index is 12.3. The molecule has 0 radical (unpaired) electrons. The minimum Gasteiger partial charge on any atom is -0.307 e. The van der Waals surface area contributed by atoms with E-state index in [4.69, 9.17) is 0 Å². The zero-order valence-corrected chi connectivity index (χ0v) is 11.2. The van der Waals surface area contributed by atoms with Gasteiger partial charge in [-0.05, 0) is 38.4 Å². The normalized spacial score (nSPS) is 25.9. The zero-order chi connectivity index (χ0) is 12.8. The van der Waals surface area contributed by atoms with Crippen LogP contribution in [0, 0.1) is 0 Å². The number of halogens is 1. The lowest BCUT2D eigenvalue weighted by Crippen LogP contribution is -2.46. The molecule has 1 N–H and O–H groups in total. The lowest BCUT2D eigenvalue weighted by Gasteiger charge is -2.34. The Bertz CT molecular complexity index is 355. The molecule has 0 saturated carbocycles. The number of benzene rings is 1. The first-order chi connectivity index (χ1) is 8.74. The van der Waals surface area contributed by atoms with Crippen molar-refractivity contribution in [1.29, 1.82) is 0 Å². The first-order valence-electron chi connectivity index (χ1n) is 6.83. The number of hydrogen-bond acceptors (Lipinski definition) is 2. The molecule has 1 unspecified atom stereocenters. The van der Waals surface area contributed by atoms with Crippen molar-refractivity contribution in [1.82, 2.24) is 10.2 Å². The van der Waals surface area contributed by atoms with E-state index >= 15 is 0 Å². The summed E-state index contributed by atoms with van der Waals surface area (Å²) in [5.74, 6) is 0. The molecule has 1 aliphatic rings. The highest BCUT2D eigenvalue weighted by molar-refractivity contribution is 5.24. The smallest absolute Gasteiger partial charge is 0.0906 e. The average molecular weight is 250 g/mol. The second kappa shape index (κ2) is 6.30. The highest BCUT2D eigenvalue weighted by atomic mass is 19.1. The summed E-state index contributed by atoms with van der Waals surface area (Å²) in [5.41, 5.74) is 1.30. The van der Waals surface area contributed by atoms with E-state index in [0.717, 1.165) is 32.6 Å². The van der Waals surface area contributed by atoms with Crippen molar-refractivity contribution in [3.05, 3.63) is 35.9 Å². The molecule has 0 amide bonds.